The Labute approximate surface area is 125 Å². The van der Waals surface area contributed by atoms with E-state index in [0.717, 1.165) is 0 Å². The van der Waals surface area contributed by atoms with Gasteiger partial charge in [0.2, 0.25) is 5.88 Å². The number of hydrogen-bond acceptors (Lipinski definition) is 7. The Morgan fingerprint density at radius 1 is 1.29 bits per heavy atom. The van der Waals surface area contributed by atoms with Crippen molar-refractivity contribution in [1.82, 2.24) is 9.97 Å². The summed E-state index contributed by atoms with van der Waals surface area (Å²) in [6.07, 6.45) is 1.77. The van der Waals surface area contributed by atoms with Crippen LogP contribution in [0.5, 0.6) is 5.88 Å². The third kappa shape index (κ3) is 6.40. The fourth-order valence-corrected chi connectivity index (χ4v) is 1.68. The van der Waals surface area contributed by atoms with Gasteiger partial charge in [0, 0.05) is 26.3 Å². The number of esters is 1. The summed E-state index contributed by atoms with van der Waals surface area (Å²) in [6.45, 7) is 5.51. The number of methoxy groups -OCH3 is 2. The summed E-state index contributed by atoms with van der Waals surface area (Å²) in [4.78, 5) is 21.5. The van der Waals surface area contributed by atoms with E-state index in [-0.39, 0.29) is 18.5 Å². The molecule has 7 nitrogen and oxygen atoms in total. The van der Waals surface area contributed by atoms with Crippen molar-refractivity contribution in [3.8, 4) is 5.88 Å². The van der Waals surface area contributed by atoms with Gasteiger partial charge >= 0.3 is 5.97 Å². The molecule has 0 bridgehead atoms. The van der Waals surface area contributed by atoms with Crippen molar-refractivity contribution in [3.05, 3.63) is 12.4 Å². The van der Waals surface area contributed by atoms with E-state index >= 15 is 0 Å². The Balaban J connectivity index is 2.78. The predicted octanol–water partition coefficient (Wildman–Crippen LogP) is 1.28. The topological polar surface area (TPSA) is 73.8 Å². The number of aromatic nitrogens is 2. The first-order valence-corrected chi connectivity index (χ1v) is 6.86. The van der Waals surface area contributed by atoms with Crippen molar-refractivity contribution in [1.29, 1.82) is 0 Å². The van der Waals surface area contributed by atoms with Crippen LogP contribution in [0.2, 0.25) is 0 Å². The first-order valence-electron chi connectivity index (χ1n) is 6.86. The SMILES string of the molecule is COCCN(CCC(=O)OC)c1cc(OC(C)C)ncn1. The Hall–Kier alpha value is -1.89. The molecule has 0 spiro atoms. The smallest absolute Gasteiger partial charge is 0.307 e. The van der Waals surface area contributed by atoms with Gasteiger partial charge in [-0.3, -0.25) is 4.79 Å². The van der Waals surface area contributed by atoms with Crippen LogP contribution in [0.15, 0.2) is 12.4 Å². The van der Waals surface area contributed by atoms with Crippen LogP contribution in [-0.2, 0) is 14.3 Å². The lowest BCUT2D eigenvalue weighted by Crippen LogP contribution is -2.30. The van der Waals surface area contributed by atoms with Crippen molar-refractivity contribution in [2.45, 2.75) is 26.4 Å². The van der Waals surface area contributed by atoms with Crippen LogP contribution in [0.1, 0.15) is 20.3 Å². The Morgan fingerprint density at radius 3 is 2.67 bits per heavy atom. The van der Waals surface area contributed by atoms with Gasteiger partial charge in [0.15, 0.2) is 0 Å². The van der Waals surface area contributed by atoms with Crippen LogP contribution in [0.3, 0.4) is 0 Å². The molecule has 0 saturated heterocycles. The molecular weight excluding hydrogens is 274 g/mol. The van der Waals surface area contributed by atoms with Crippen LogP contribution in [-0.4, -0.2) is 56.0 Å². The molecule has 1 aromatic rings. The highest BCUT2D eigenvalue weighted by molar-refractivity contribution is 5.69. The summed E-state index contributed by atoms with van der Waals surface area (Å²) in [7, 11) is 3.01. The summed E-state index contributed by atoms with van der Waals surface area (Å²) in [6, 6.07) is 1.76. The molecule has 0 aliphatic rings. The lowest BCUT2D eigenvalue weighted by Gasteiger charge is -2.23. The molecule has 0 unspecified atom stereocenters. The van der Waals surface area contributed by atoms with Gasteiger partial charge in [-0.15, -0.1) is 0 Å². The van der Waals surface area contributed by atoms with Gasteiger partial charge in [0.25, 0.3) is 0 Å². The lowest BCUT2D eigenvalue weighted by molar-refractivity contribution is -0.140. The molecule has 118 valence electrons. The molecule has 0 atom stereocenters. The molecule has 0 aliphatic heterocycles. The molecule has 0 amide bonds. The van der Waals surface area contributed by atoms with E-state index < -0.39 is 0 Å². The summed E-state index contributed by atoms with van der Waals surface area (Å²) >= 11 is 0. The number of rotatable bonds is 9. The van der Waals surface area contributed by atoms with Gasteiger partial charge in [-0.25, -0.2) is 9.97 Å². The molecule has 0 radical (unpaired) electrons. The molecule has 1 aromatic heterocycles. The number of carbonyl (C=O) groups excluding carboxylic acids is 1. The Kier molecular flexibility index (Phi) is 7.45. The van der Waals surface area contributed by atoms with Gasteiger partial charge in [0.05, 0.1) is 26.2 Å². The maximum atomic E-state index is 11.3. The van der Waals surface area contributed by atoms with E-state index in [0.29, 0.717) is 31.4 Å². The van der Waals surface area contributed by atoms with Crippen molar-refractivity contribution in [2.75, 3.05) is 38.8 Å². The molecule has 0 fully saturated rings. The van der Waals surface area contributed by atoms with Crippen LogP contribution in [0.4, 0.5) is 5.82 Å². The van der Waals surface area contributed by atoms with Gasteiger partial charge in [-0.2, -0.15) is 0 Å². The third-order valence-electron chi connectivity index (χ3n) is 2.69. The minimum Gasteiger partial charge on any atom is -0.475 e. The van der Waals surface area contributed by atoms with Crippen LogP contribution < -0.4 is 9.64 Å². The Morgan fingerprint density at radius 2 is 2.05 bits per heavy atom. The number of anilines is 1. The van der Waals surface area contributed by atoms with E-state index in [9.17, 15) is 4.79 Å². The second kappa shape index (κ2) is 9.12. The molecule has 7 heteroatoms. The summed E-state index contributed by atoms with van der Waals surface area (Å²) in [5.41, 5.74) is 0. The van der Waals surface area contributed by atoms with E-state index in [2.05, 4.69) is 14.7 Å². The first kappa shape index (κ1) is 17.2. The lowest BCUT2D eigenvalue weighted by atomic mass is 10.3. The quantitative estimate of drug-likeness (QED) is 0.636. The largest absolute Gasteiger partial charge is 0.475 e. The molecule has 0 saturated carbocycles. The summed E-state index contributed by atoms with van der Waals surface area (Å²) in [5.74, 6) is 0.946. The van der Waals surface area contributed by atoms with Crippen molar-refractivity contribution in [3.63, 3.8) is 0 Å². The van der Waals surface area contributed by atoms with Crippen LogP contribution in [0.25, 0.3) is 0 Å². The molecule has 21 heavy (non-hydrogen) atoms. The van der Waals surface area contributed by atoms with Crippen molar-refractivity contribution < 1.29 is 19.0 Å². The monoisotopic (exact) mass is 297 g/mol. The number of hydrogen-bond donors (Lipinski definition) is 0. The molecule has 0 aliphatic carbocycles. The van der Waals surface area contributed by atoms with Crippen LogP contribution >= 0.6 is 0 Å². The second-order valence-corrected chi connectivity index (χ2v) is 4.69. The molecule has 0 aromatic carbocycles. The fraction of sp³-hybridized carbons (Fsp3) is 0.643. The maximum absolute atomic E-state index is 11.3. The third-order valence-corrected chi connectivity index (χ3v) is 2.69. The van der Waals surface area contributed by atoms with Gasteiger partial charge in [-0.05, 0) is 13.8 Å². The molecule has 0 N–H and O–H groups in total. The van der Waals surface area contributed by atoms with E-state index in [1.54, 1.807) is 13.2 Å². The molecular formula is C14H23N3O4. The van der Waals surface area contributed by atoms with Gasteiger partial charge in [-0.1, -0.05) is 0 Å². The zero-order valence-corrected chi connectivity index (χ0v) is 13.0. The predicted molar refractivity (Wildman–Crippen MR) is 78.5 cm³/mol. The van der Waals surface area contributed by atoms with Crippen molar-refractivity contribution in [2.24, 2.45) is 0 Å². The average molecular weight is 297 g/mol. The zero-order valence-electron chi connectivity index (χ0n) is 13.0. The highest BCUT2D eigenvalue weighted by atomic mass is 16.5. The van der Waals surface area contributed by atoms with Crippen molar-refractivity contribution >= 4 is 11.8 Å². The van der Waals surface area contributed by atoms with E-state index in [4.69, 9.17) is 9.47 Å². The number of nitrogens with zero attached hydrogens (tertiary/aromatic N) is 3. The number of carbonyl (C=O) groups is 1. The van der Waals surface area contributed by atoms with E-state index in [1.807, 2.05) is 18.7 Å². The average Bonchev–Trinajstić information content (AvgIpc) is 2.46. The van der Waals surface area contributed by atoms with Gasteiger partial charge < -0.3 is 19.1 Å². The minimum atomic E-state index is -0.259. The summed E-state index contributed by atoms with van der Waals surface area (Å²) < 4.78 is 15.3. The standard InChI is InChI=1S/C14H23N3O4/c1-11(2)21-13-9-12(15-10-16-13)17(7-8-19-3)6-5-14(18)20-4/h9-11H,5-8H2,1-4H3. The minimum absolute atomic E-state index is 0.0373. The second-order valence-electron chi connectivity index (χ2n) is 4.69. The summed E-state index contributed by atoms with van der Waals surface area (Å²) in [5, 5.41) is 0. The highest BCUT2D eigenvalue weighted by Gasteiger charge is 2.12. The Bertz CT molecular complexity index is 440. The normalized spacial score (nSPS) is 10.5. The zero-order chi connectivity index (χ0) is 15.7. The first-order chi connectivity index (χ1) is 10.1. The molecule has 1 heterocycles. The highest BCUT2D eigenvalue weighted by Crippen LogP contribution is 2.17. The van der Waals surface area contributed by atoms with E-state index in [1.165, 1.54) is 13.4 Å². The van der Waals surface area contributed by atoms with Gasteiger partial charge in [0.1, 0.15) is 12.1 Å². The van der Waals surface area contributed by atoms with Crippen LogP contribution in [0, 0.1) is 0 Å². The maximum Gasteiger partial charge on any atom is 0.307 e. The fourth-order valence-electron chi connectivity index (χ4n) is 1.68. The molecule has 1 rings (SSSR count). The number of ether oxygens (including phenoxy) is 3.